The van der Waals surface area contributed by atoms with E-state index in [2.05, 4.69) is 15.3 Å². The SMILES string of the molecule is COc1cc[nH]c1/C=C1\C(=O)Nc2ccc3[nH]c(-c4ccccc4)nc3c21. The minimum absolute atomic E-state index is 0.154. The number of anilines is 1. The average Bonchev–Trinajstić information content (AvgIpc) is 3.39. The number of methoxy groups -OCH3 is 1. The molecule has 1 aliphatic rings. The Balaban J connectivity index is 1.71. The van der Waals surface area contributed by atoms with Gasteiger partial charge < -0.3 is 20.0 Å². The van der Waals surface area contributed by atoms with Gasteiger partial charge >= 0.3 is 0 Å². The number of H-pyrrole nitrogens is 2. The molecule has 0 atom stereocenters. The first-order valence-electron chi connectivity index (χ1n) is 8.57. The summed E-state index contributed by atoms with van der Waals surface area (Å²) in [6.45, 7) is 0. The Hall–Kier alpha value is -3.80. The predicted octanol–water partition coefficient (Wildman–Crippen LogP) is 4.06. The lowest BCUT2D eigenvalue weighted by atomic mass is 10.0. The minimum Gasteiger partial charge on any atom is -0.495 e. The minimum atomic E-state index is -0.154. The van der Waals surface area contributed by atoms with Crippen molar-refractivity contribution in [2.24, 2.45) is 0 Å². The molecule has 4 aromatic rings. The molecular formula is C21H16N4O2. The monoisotopic (exact) mass is 356 g/mol. The first-order valence-corrected chi connectivity index (χ1v) is 8.57. The van der Waals surface area contributed by atoms with Crippen LogP contribution in [0, 0.1) is 0 Å². The van der Waals surface area contributed by atoms with Gasteiger partial charge in [-0.15, -0.1) is 0 Å². The highest BCUT2D eigenvalue weighted by molar-refractivity contribution is 6.37. The standard InChI is InChI=1S/C21H16N4O2/c1-27-17-9-10-22-16(17)11-13-18-14(24-21(13)26)7-8-15-19(18)25-20(23-15)12-5-3-2-4-6-12/h2-11,22H,1H3,(H,23,25)(H,24,26)/b13-11-. The first kappa shape index (κ1) is 15.5. The number of fused-ring (bicyclic) bond motifs is 3. The Bertz CT molecular complexity index is 1200. The van der Waals surface area contributed by atoms with Crippen LogP contribution in [0.4, 0.5) is 5.69 Å². The van der Waals surface area contributed by atoms with Gasteiger partial charge in [-0.25, -0.2) is 4.98 Å². The van der Waals surface area contributed by atoms with Gasteiger partial charge in [0.05, 0.1) is 35.1 Å². The molecule has 2 aromatic carbocycles. The van der Waals surface area contributed by atoms with Crippen molar-refractivity contribution in [3.05, 3.63) is 66.0 Å². The summed E-state index contributed by atoms with van der Waals surface area (Å²) in [7, 11) is 1.60. The molecule has 0 unspecified atom stereocenters. The second kappa shape index (κ2) is 5.88. The number of aromatic nitrogens is 3. The third-order valence-electron chi connectivity index (χ3n) is 4.71. The number of benzene rings is 2. The van der Waals surface area contributed by atoms with Crippen molar-refractivity contribution in [2.75, 3.05) is 12.4 Å². The quantitative estimate of drug-likeness (QED) is 0.484. The number of hydrogen-bond acceptors (Lipinski definition) is 3. The van der Waals surface area contributed by atoms with Crippen LogP contribution in [-0.2, 0) is 4.79 Å². The highest BCUT2D eigenvalue weighted by atomic mass is 16.5. The fraction of sp³-hybridized carbons (Fsp3) is 0.0476. The summed E-state index contributed by atoms with van der Waals surface area (Å²) in [6, 6.07) is 15.6. The Morgan fingerprint density at radius 1 is 1.07 bits per heavy atom. The molecule has 6 nitrogen and oxygen atoms in total. The summed E-state index contributed by atoms with van der Waals surface area (Å²) >= 11 is 0. The van der Waals surface area contributed by atoms with Gasteiger partial charge in [-0.05, 0) is 24.3 Å². The zero-order valence-electron chi connectivity index (χ0n) is 14.5. The second-order valence-electron chi connectivity index (χ2n) is 6.31. The Morgan fingerprint density at radius 2 is 1.93 bits per heavy atom. The molecule has 0 saturated heterocycles. The second-order valence-corrected chi connectivity index (χ2v) is 6.31. The molecule has 0 spiro atoms. The van der Waals surface area contributed by atoms with Crippen LogP contribution in [-0.4, -0.2) is 28.0 Å². The number of carbonyl (C=O) groups is 1. The summed E-state index contributed by atoms with van der Waals surface area (Å²) in [5, 5.41) is 2.92. The number of aromatic amines is 2. The topological polar surface area (TPSA) is 82.8 Å². The third-order valence-corrected chi connectivity index (χ3v) is 4.71. The van der Waals surface area contributed by atoms with Gasteiger partial charge in [0.1, 0.15) is 11.6 Å². The Morgan fingerprint density at radius 3 is 2.74 bits per heavy atom. The molecule has 0 aliphatic carbocycles. The van der Waals surface area contributed by atoms with E-state index in [0.29, 0.717) is 11.3 Å². The number of nitrogens with zero attached hydrogens (tertiary/aromatic N) is 1. The van der Waals surface area contributed by atoms with Crippen LogP contribution >= 0.6 is 0 Å². The summed E-state index contributed by atoms with van der Waals surface area (Å²) < 4.78 is 5.34. The van der Waals surface area contributed by atoms with Gasteiger partial charge in [0.25, 0.3) is 5.91 Å². The van der Waals surface area contributed by atoms with Crippen molar-refractivity contribution in [3.63, 3.8) is 0 Å². The maximum absolute atomic E-state index is 12.6. The molecule has 27 heavy (non-hydrogen) atoms. The van der Waals surface area contributed by atoms with Crippen LogP contribution in [0.25, 0.3) is 34.1 Å². The fourth-order valence-electron chi connectivity index (χ4n) is 3.43. The van der Waals surface area contributed by atoms with Gasteiger partial charge in [-0.3, -0.25) is 4.79 Å². The molecule has 0 saturated carbocycles. The van der Waals surface area contributed by atoms with E-state index in [4.69, 9.17) is 9.72 Å². The number of carbonyl (C=O) groups excluding carboxylic acids is 1. The van der Waals surface area contributed by atoms with Gasteiger partial charge in [-0.2, -0.15) is 0 Å². The Kier molecular flexibility index (Phi) is 3.36. The fourth-order valence-corrected chi connectivity index (χ4v) is 3.43. The highest BCUT2D eigenvalue weighted by Gasteiger charge is 2.28. The van der Waals surface area contributed by atoms with Crippen molar-refractivity contribution >= 4 is 34.3 Å². The van der Waals surface area contributed by atoms with Crippen molar-refractivity contribution in [3.8, 4) is 17.1 Å². The maximum Gasteiger partial charge on any atom is 0.256 e. The lowest BCUT2D eigenvalue weighted by molar-refractivity contribution is -0.110. The van der Waals surface area contributed by atoms with Crippen molar-refractivity contribution in [1.29, 1.82) is 0 Å². The number of hydrogen-bond donors (Lipinski definition) is 3. The number of amides is 1. The summed E-state index contributed by atoms with van der Waals surface area (Å²) in [5.41, 5.74) is 5.50. The van der Waals surface area contributed by atoms with Crippen LogP contribution < -0.4 is 10.1 Å². The maximum atomic E-state index is 12.6. The molecule has 0 radical (unpaired) electrons. The molecule has 0 bridgehead atoms. The van der Waals surface area contributed by atoms with E-state index in [1.165, 1.54) is 0 Å². The van der Waals surface area contributed by atoms with E-state index >= 15 is 0 Å². The van der Waals surface area contributed by atoms with Gasteiger partial charge in [-0.1, -0.05) is 30.3 Å². The number of imidazole rings is 1. The van der Waals surface area contributed by atoms with Crippen LogP contribution in [0.15, 0.2) is 54.7 Å². The number of ether oxygens (including phenoxy) is 1. The van der Waals surface area contributed by atoms with E-state index in [-0.39, 0.29) is 5.91 Å². The predicted molar refractivity (Wildman–Crippen MR) is 105 cm³/mol. The number of nitrogens with one attached hydrogen (secondary N) is 3. The van der Waals surface area contributed by atoms with Crippen LogP contribution in [0.1, 0.15) is 11.3 Å². The molecule has 132 valence electrons. The molecule has 6 heteroatoms. The molecular weight excluding hydrogens is 340 g/mol. The van der Waals surface area contributed by atoms with Crippen LogP contribution in [0.3, 0.4) is 0 Å². The lowest BCUT2D eigenvalue weighted by Crippen LogP contribution is -2.03. The molecule has 3 heterocycles. The van der Waals surface area contributed by atoms with Crippen molar-refractivity contribution in [2.45, 2.75) is 0 Å². The molecule has 1 aliphatic heterocycles. The number of rotatable bonds is 3. The summed E-state index contributed by atoms with van der Waals surface area (Å²) in [4.78, 5) is 23.8. The van der Waals surface area contributed by atoms with E-state index in [0.717, 1.165) is 39.4 Å². The van der Waals surface area contributed by atoms with E-state index in [1.807, 2.05) is 48.5 Å². The zero-order valence-corrected chi connectivity index (χ0v) is 14.5. The third kappa shape index (κ3) is 2.42. The van der Waals surface area contributed by atoms with E-state index in [9.17, 15) is 4.79 Å². The normalized spacial score (nSPS) is 14.6. The summed E-state index contributed by atoms with van der Waals surface area (Å²) in [5.74, 6) is 1.30. The molecule has 3 N–H and O–H groups in total. The smallest absolute Gasteiger partial charge is 0.256 e. The van der Waals surface area contributed by atoms with Crippen molar-refractivity contribution in [1.82, 2.24) is 15.0 Å². The van der Waals surface area contributed by atoms with Crippen LogP contribution in [0.2, 0.25) is 0 Å². The van der Waals surface area contributed by atoms with Gasteiger partial charge in [0.2, 0.25) is 0 Å². The average molecular weight is 356 g/mol. The van der Waals surface area contributed by atoms with E-state index < -0.39 is 0 Å². The van der Waals surface area contributed by atoms with Crippen LogP contribution in [0.5, 0.6) is 5.75 Å². The van der Waals surface area contributed by atoms with Gasteiger partial charge in [0, 0.05) is 17.3 Å². The van der Waals surface area contributed by atoms with Crippen molar-refractivity contribution < 1.29 is 9.53 Å². The van der Waals surface area contributed by atoms with E-state index in [1.54, 1.807) is 19.4 Å². The largest absolute Gasteiger partial charge is 0.495 e. The molecule has 5 rings (SSSR count). The first-order chi connectivity index (χ1) is 13.2. The summed E-state index contributed by atoms with van der Waals surface area (Å²) in [6.07, 6.45) is 3.58. The molecule has 0 fully saturated rings. The molecule has 1 amide bonds. The highest BCUT2D eigenvalue weighted by Crippen LogP contribution is 2.39. The Labute approximate surface area is 154 Å². The lowest BCUT2D eigenvalue weighted by Gasteiger charge is -2.01. The molecule has 2 aromatic heterocycles. The van der Waals surface area contributed by atoms with Gasteiger partial charge in [0.15, 0.2) is 0 Å². The zero-order chi connectivity index (χ0) is 18.4.